The summed E-state index contributed by atoms with van der Waals surface area (Å²) in [7, 11) is 0. The zero-order valence-corrected chi connectivity index (χ0v) is 11.7. The van der Waals surface area contributed by atoms with Crippen LogP contribution in [0.3, 0.4) is 0 Å². The molecule has 3 aliphatic rings. The molecule has 1 amide bonds. The lowest BCUT2D eigenvalue weighted by Gasteiger charge is -2.34. The van der Waals surface area contributed by atoms with E-state index in [-0.39, 0.29) is 5.66 Å². The van der Waals surface area contributed by atoms with Crippen LogP contribution in [-0.2, 0) is 4.79 Å². The van der Waals surface area contributed by atoms with Crippen LogP contribution >= 0.6 is 0 Å². The van der Waals surface area contributed by atoms with E-state index in [0.717, 1.165) is 45.2 Å². The summed E-state index contributed by atoms with van der Waals surface area (Å²) >= 11 is 0. The molecule has 1 atom stereocenters. The largest absolute Gasteiger partial charge is 0.343 e. The third kappa shape index (κ3) is 2.88. The van der Waals surface area contributed by atoms with Crippen LogP contribution < -0.4 is 0 Å². The second-order valence-electron chi connectivity index (χ2n) is 6.30. The zero-order valence-electron chi connectivity index (χ0n) is 11.7. The topological polar surface area (TPSA) is 45.0 Å². The summed E-state index contributed by atoms with van der Waals surface area (Å²) in [6.45, 7) is 3.89. The fraction of sp³-hybridized carbons (Fsp3) is 0.800. The van der Waals surface area contributed by atoms with E-state index in [9.17, 15) is 4.79 Å². The fourth-order valence-electron chi connectivity index (χ4n) is 3.34. The Hall–Kier alpha value is -1.19. The van der Waals surface area contributed by atoms with Gasteiger partial charge in [0.1, 0.15) is 0 Å². The average Bonchev–Trinajstić information content (AvgIpc) is 3.19. The molecule has 4 nitrogen and oxygen atoms in total. The van der Waals surface area contributed by atoms with Gasteiger partial charge in [0.15, 0.2) is 5.66 Å². The highest BCUT2D eigenvalue weighted by Gasteiger charge is 2.44. The van der Waals surface area contributed by atoms with Gasteiger partial charge in [0, 0.05) is 25.4 Å². The summed E-state index contributed by atoms with van der Waals surface area (Å²) in [5.41, 5.74) is -0.108. The third-order valence-electron chi connectivity index (χ3n) is 4.88. The van der Waals surface area contributed by atoms with Gasteiger partial charge in [-0.15, -0.1) is 0 Å². The number of amides is 1. The Morgan fingerprint density at radius 2 is 2.00 bits per heavy atom. The molecule has 3 rings (SSSR count). The zero-order chi connectivity index (χ0) is 13.3. The first-order valence-corrected chi connectivity index (χ1v) is 7.54. The molecule has 1 aliphatic carbocycles. The third-order valence-corrected chi connectivity index (χ3v) is 4.88. The van der Waals surface area contributed by atoms with Crippen molar-refractivity contribution in [2.75, 3.05) is 13.1 Å². The first-order chi connectivity index (χ1) is 9.17. The minimum atomic E-state index is -0.108. The minimum Gasteiger partial charge on any atom is -0.343 e. The number of hydrogen-bond acceptors (Lipinski definition) is 3. The number of carbonyl (C=O) groups excluding carboxylic acids is 1. The predicted molar refractivity (Wildman–Crippen MR) is 73.7 cm³/mol. The van der Waals surface area contributed by atoms with Gasteiger partial charge in [-0.3, -0.25) is 4.79 Å². The Morgan fingerprint density at radius 1 is 1.26 bits per heavy atom. The summed E-state index contributed by atoms with van der Waals surface area (Å²) in [5, 5.41) is 8.27. The van der Waals surface area contributed by atoms with Gasteiger partial charge in [-0.2, -0.15) is 10.2 Å². The molecule has 104 valence electrons. The molecule has 2 aliphatic heterocycles. The van der Waals surface area contributed by atoms with Crippen LogP contribution in [0.25, 0.3) is 0 Å². The highest BCUT2D eigenvalue weighted by atomic mass is 16.2. The molecule has 0 spiro atoms. The normalized spacial score (nSPS) is 29.5. The van der Waals surface area contributed by atoms with Gasteiger partial charge in [-0.05, 0) is 44.9 Å². The van der Waals surface area contributed by atoms with E-state index in [1.54, 1.807) is 0 Å². The lowest BCUT2D eigenvalue weighted by atomic mass is 9.87. The number of carbonyl (C=O) groups is 1. The Balaban J connectivity index is 1.45. The lowest BCUT2D eigenvalue weighted by molar-refractivity contribution is -0.133. The van der Waals surface area contributed by atoms with E-state index in [2.05, 4.69) is 34.2 Å². The Morgan fingerprint density at radius 3 is 2.58 bits per heavy atom. The molecule has 0 aromatic rings. The van der Waals surface area contributed by atoms with Crippen LogP contribution in [0.4, 0.5) is 0 Å². The fourth-order valence-corrected chi connectivity index (χ4v) is 3.34. The van der Waals surface area contributed by atoms with Crippen molar-refractivity contribution < 1.29 is 4.79 Å². The van der Waals surface area contributed by atoms with Crippen molar-refractivity contribution in [1.29, 1.82) is 0 Å². The van der Waals surface area contributed by atoms with Crippen LogP contribution in [0.15, 0.2) is 22.4 Å². The van der Waals surface area contributed by atoms with Crippen molar-refractivity contribution in [1.82, 2.24) is 4.90 Å². The van der Waals surface area contributed by atoms with E-state index in [1.807, 2.05) is 0 Å². The van der Waals surface area contributed by atoms with Crippen LogP contribution in [-0.4, -0.2) is 29.6 Å². The monoisotopic (exact) mass is 261 g/mol. The smallest absolute Gasteiger partial charge is 0.222 e. The Labute approximate surface area is 115 Å². The molecule has 19 heavy (non-hydrogen) atoms. The highest BCUT2D eigenvalue weighted by molar-refractivity contribution is 5.76. The molecule has 0 N–H and O–H groups in total. The van der Waals surface area contributed by atoms with E-state index in [0.29, 0.717) is 17.7 Å². The van der Waals surface area contributed by atoms with Crippen molar-refractivity contribution in [3.63, 3.8) is 0 Å². The van der Waals surface area contributed by atoms with Crippen LogP contribution in [0.2, 0.25) is 0 Å². The minimum absolute atomic E-state index is 0.108. The van der Waals surface area contributed by atoms with Gasteiger partial charge in [0.2, 0.25) is 5.91 Å². The van der Waals surface area contributed by atoms with Gasteiger partial charge in [0.25, 0.3) is 0 Å². The van der Waals surface area contributed by atoms with Crippen molar-refractivity contribution in [2.24, 2.45) is 22.1 Å². The van der Waals surface area contributed by atoms with Gasteiger partial charge < -0.3 is 4.90 Å². The molecule has 2 heterocycles. The molecule has 4 heteroatoms. The summed E-state index contributed by atoms with van der Waals surface area (Å²) in [5.74, 6) is 1.48. The van der Waals surface area contributed by atoms with Gasteiger partial charge >= 0.3 is 0 Å². The molecule has 1 saturated heterocycles. The molecule has 1 unspecified atom stereocenters. The summed E-state index contributed by atoms with van der Waals surface area (Å²) in [6.07, 6.45) is 10.7. The summed E-state index contributed by atoms with van der Waals surface area (Å²) in [6, 6.07) is 0. The maximum Gasteiger partial charge on any atom is 0.222 e. The van der Waals surface area contributed by atoms with Crippen LogP contribution in [0, 0.1) is 11.8 Å². The Bertz CT molecular complexity index is 402. The van der Waals surface area contributed by atoms with Crippen LogP contribution in [0.5, 0.6) is 0 Å². The van der Waals surface area contributed by atoms with E-state index in [1.165, 1.54) is 6.42 Å². The molecular formula is C15H23N3O. The number of nitrogens with zero attached hydrogens (tertiary/aromatic N) is 3. The Kier molecular flexibility index (Phi) is 3.42. The second-order valence-corrected chi connectivity index (χ2v) is 6.30. The maximum atomic E-state index is 12.3. The van der Waals surface area contributed by atoms with Gasteiger partial charge in [-0.1, -0.05) is 12.2 Å². The number of piperidine rings is 1. The molecule has 0 bridgehead atoms. The quantitative estimate of drug-likeness (QED) is 0.720. The number of likely N-dealkylation sites (tertiary alicyclic amines) is 1. The number of rotatable bonds is 3. The lowest BCUT2D eigenvalue weighted by Crippen LogP contribution is -2.42. The number of hydrogen-bond donors (Lipinski definition) is 0. The molecule has 0 aromatic carbocycles. The molecule has 0 saturated carbocycles. The van der Waals surface area contributed by atoms with Crippen molar-refractivity contribution >= 4 is 5.91 Å². The van der Waals surface area contributed by atoms with Crippen molar-refractivity contribution in [3.8, 4) is 0 Å². The molecule has 0 radical (unpaired) electrons. The van der Waals surface area contributed by atoms with Gasteiger partial charge in [0.05, 0.1) is 0 Å². The highest BCUT2D eigenvalue weighted by Crippen LogP contribution is 2.41. The van der Waals surface area contributed by atoms with E-state index < -0.39 is 0 Å². The number of allylic oxidation sites excluding steroid dienone is 2. The molecular weight excluding hydrogens is 238 g/mol. The maximum absolute atomic E-state index is 12.3. The summed E-state index contributed by atoms with van der Waals surface area (Å²) in [4.78, 5) is 14.3. The van der Waals surface area contributed by atoms with E-state index >= 15 is 0 Å². The van der Waals surface area contributed by atoms with Crippen LogP contribution in [0.1, 0.15) is 45.4 Å². The predicted octanol–water partition coefficient (Wildman–Crippen LogP) is 3.15. The summed E-state index contributed by atoms with van der Waals surface area (Å²) < 4.78 is 0. The first kappa shape index (κ1) is 12.8. The molecule has 1 fully saturated rings. The molecule has 0 aromatic heterocycles. The van der Waals surface area contributed by atoms with E-state index in [4.69, 9.17) is 0 Å². The first-order valence-electron chi connectivity index (χ1n) is 7.54. The average molecular weight is 261 g/mol. The van der Waals surface area contributed by atoms with Gasteiger partial charge in [-0.25, -0.2) is 0 Å². The van der Waals surface area contributed by atoms with Crippen molar-refractivity contribution in [2.45, 2.75) is 51.1 Å². The second kappa shape index (κ2) is 5.06. The van der Waals surface area contributed by atoms with Crippen molar-refractivity contribution in [3.05, 3.63) is 12.2 Å². The standard InChI is InChI=1S/C15H23N3O/c1-15(16-17-15)13-7-9-18(10-8-13)14(19)11-12-5-3-2-4-6-12/h2-3,12-13H,4-11H2,1H3. The SMILES string of the molecule is CC1(C2CCN(C(=O)CC3CC=CCC3)CC2)N=N1.